The van der Waals surface area contributed by atoms with Crippen molar-refractivity contribution in [1.29, 1.82) is 0 Å². The minimum absolute atomic E-state index is 0.144. The van der Waals surface area contributed by atoms with Crippen LogP contribution in [0.5, 0.6) is 11.5 Å². The van der Waals surface area contributed by atoms with Gasteiger partial charge in [-0.15, -0.1) is 0 Å². The summed E-state index contributed by atoms with van der Waals surface area (Å²) in [6.07, 6.45) is 2.83. The van der Waals surface area contributed by atoms with Crippen molar-refractivity contribution in [3.05, 3.63) is 23.8 Å². The zero-order valence-corrected chi connectivity index (χ0v) is 10.7. The van der Waals surface area contributed by atoms with Gasteiger partial charge in [-0.1, -0.05) is 19.4 Å². The SMILES string of the molecule is CCC[C@@]1(C(=O)OC)CCc2ccc(O)cc2O1. The third-order valence-electron chi connectivity index (χ3n) is 3.37. The predicted molar refractivity (Wildman–Crippen MR) is 66.7 cm³/mol. The summed E-state index contributed by atoms with van der Waals surface area (Å²) in [6.45, 7) is 2.01. The molecule has 98 valence electrons. The van der Waals surface area contributed by atoms with Gasteiger partial charge in [-0.2, -0.15) is 0 Å². The Kier molecular flexibility index (Phi) is 3.45. The number of rotatable bonds is 3. The maximum Gasteiger partial charge on any atom is 0.350 e. The molecule has 1 aromatic carbocycles. The molecule has 0 unspecified atom stereocenters. The highest BCUT2D eigenvalue weighted by atomic mass is 16.6. The molecule has 0 saturated heterocycles. The van der Waals surface area contributed by atoms with Crippen LogP contribution in [0.1, 0.15) is 31.7 Å². The zero-order valence-electron chi connectivity index (χ0n) is 10.7. The largest absolute Gasteiger partial charge is 0.508 e. The minimum atomic E-state index is -0.899. The van der Waals surface area contributed by atoms with E-state index in [2.05, 4.69) is 0 Å². The van der Waals surface area contributed by atoms with Crippen LogP contribution >= 0.6 is 0 Å². The summed E-state index contributed by atoms with van der Waals surface area (Å²) in [4.78, 5) is 12.0. The van der Waals surface area contributed by atoms with Crippen molar-refractivity contribution in [3.63, 3.8) is 0 Å². The second-order valence-corrected chi connectivity index (χ2v) is 4.63. The van der Waals surface area contributed by atoms with E-state index in [1.165, 1.54) is 7.11 Å². The lowest BCUT2D eigenvalue weighted by atomic mass is 9.87. The van der Waals surface area contributed by atoms with Gasteiger partial charge in [0.15, 0.2) is 0 Å². The van der Waals surface area contributed by atoms with E-state index in [0.717, 1.165) is 18.4 Å². The van der Waals surface area contributed by atoms with Crippen LogP contribution in [0, 0.1) is 0 Å². The van der Waals surface area contributed by atoms with Crippen LogP contribution in [-0.2, 0) is 16.0 Å². The molecule has 0 aliphatic carbocycles. The van der Waals surface area contributed by atoms with Gasteiger partial charge in [0.25, 0.3) is 0 Å². The number of carbonyl (C=O) groups excluding carboxylic acids is 1. The molecule has 18 heavy (non-hydrogen) atoms. The highest BCUT2D eigenvalue weighted by molar-refractivity contribution is 5.80. The lowest BCUT2D eigenvalue weighted by Gasteiger charge is -2.36. The lowest BCUT2D eigenvalue weighted by Crippen LogP contribution is -2.47. The number of aryl methyl sites for hydroxylation is 1. The summed E-state index contributed by atoms with van der Waals surface area (Å²) < 4.78 is 10.7. The molecule has 0 spiro atoms. The molecule has 0 aromatic heterocycles. The minimum Gasteiger partial charge on any atom is -0.508 e. The molecule has 2 rings (SSSR count). The molecule has 0 bridgehead atoms. The summed E-state index contributed by atoms with van der Waals surface area (Å²) in [5.41, 5.74) is 0.119. The van der Waals surface area contributed by atoms with Gasteiger partial charge in [-0.05, 0) is 24.5 Å². The second-order valence-electron chi connectivity index (χ2n) is 4.63. The van der Waals surface area contributed by atoms with Crippen LogP contribution < -0.4 is 4.74 Å². The van der Waals surface area contributed by atoms with Crippen LogP contribution in [0.2, 0.25) is 0 Å². The smallest absolute Gasteiger partial charge is 0.350 e. The Morgan fingerprint density at radius 1 is 1.56 bits per heavy atom. The van der Waals surface area contributed by atoms with Gasteiger partial charge in [0, 0.05) is 12.5 Å². The summed E-state index contributed by atoms with van der Waals surface area (Å²) >= 11 is 0. The molecule has 1 aliphatic heterocycles. The maximum absolute atomic E-state index is 12.0. The number of phenols is 1. The highest BCUT2D eigenvalue weighted by Gasteiger charge is 2.43. The number of carbonyl (C=O) groups is 1. The number of aromatic hydroxyl groups is 1. The van der Waals surface area contributed by atoms with Gasteiger partial charge in [-0.25, -0.2) is 4.79 Å². The first-order valence-corrected chi connectivity index (χ1v) is 6.20. The molecule has 0 amide bonds. The highest BCUT2D eigenvalue weighted by Crippen LogP contribution is 2.38. The lowest BCUT2D eigenvalue weighted by molar-refractivity contribution is -0.161. The van der Waals surface area contributed by atoms with Crippen molar-refractivity contribution in [3.8, 4) is 11.5 Å². The number of benzene rings is 1. The number of methoxy groups -OCH3 is 1. The van der Waals surface area contributed by atoms with Crippen LogP contribution in [0.15, 0.2) is 18.2 Å². The van der Waals surface area contributed by atoms with Crippen molar-refractivity contribution < 1.29 is 19.4 Å². The van der Waals surface area contributed by atoms with Crippen molar-refractivity contribution in [1.82, 2.24) is 0 Å². The van der Waals surface area contributed by atoms with E-state index >= 15 is 0 Å². The average Bonchev–Trinajstić information content (AvgIpc) is 2.37. The molecule has 0 fully saturated rings. The third-order valence-corrected chi connectivity index (χ3v) is 3.37. The predicted octanol–water partition coefficient (Wildman–Crippen LogP) is 2.43. The molecular weight excluding hydrogens is 232 g/mol. The fourth-order valence-corrected chi connectivity index (χ4v) is 2.45. The monoisotopic (exact) mass is 250 g/mol. The van der Waals surface area contributed by atoms with Gasteiger partial charge in [0.2, 0.25) is 5.60 Å². The molecule has 4 nitrogen and oxygen atoms in total. The number of esters is 1. The first-order valence-electron chi connectivity index (χ1n) is 6.20. The Bertz CT molecular complexity index is 455. The van der Waals surface area contributed by atoms with E-state index in [0.29, 0.717) is 18.6 Å². The van der Waals surface area contributed by atoms with Crippen LogP contribution in [0.4, 0.5) is 0 Å². The normalized spacial score (nSPS) is 21.9. The molecule has 1 atom stereocenters. The Morgan fingerprint density at radius 3 is 3.00 bits per heavy atom. The quantitative estimate of drug-likeness (QED) is 0.837. The molecule has 1 heterocycles. The van der Waals surface area contributed by atoms with Crippen LogP contribution in [0.25, 0.3) is 0 Å². The topological polar surface area (TPSA) is 55.8 Å². The van der Waals surface area contributed by atoms with Crippen molar-refractivity contribution in [2.24, 2.45) is 0 Å². The number of hydrogen-bond acceptors (Lipinski definition) is 4. The molecule has 0 radical (unpaired) electrons. The number of hydrogen-bond donors (Lipinski definition) is 1. The molecule has 4 heteroatoms. The standard InChI is InChI=1S/C14H18O4/c1-3-7-14(13(16)17-2)8-6-10-4-5-11(15)9-12(10)18-14/h4-5,9,15H,3,6-8H2,1-2H3/t14-/m0/s1. The summed E-state index contributed by atoms with van der Waals surface area (Å²) in [5, 5.41) is 9.49. The Balaban J connectivity index is 2.34. The second kappa shape index (κ2) is 4.88. The van der Waals surface area contributed by atoms with E-state index in [4.69, 9.17) is 9.47 Å². The summed E-state index contributed by atoms with van der Waals surface area (Å²) in [7, 11) is 1.38. The maximum atomic E-state index is 12.0. The van der Waals surface area contributed by atoms with E-state index in [1.54, 1.807) is 12.1 Å². The Morgan fingerprint density at radius 2 is 2.33 bits per heavy atom. The van der Waals surface area contributed by atoms with E-state index < -0.39 is 5.60 Å². The number of fused-ring (bicyclic) bond motifs is 1. The third kappa shape index (κ3) is 2.15. The summed E-state index contributed by atoms with van der Waals surface area (Å²) in [5.74, 6) is 0.393. The van der Waals surface area contributed by atoms with Crippen LogP contribution in [-0.4, -0.2) is 23.8 Å². The van der Waals surface area contributed by atoms with E-state index in [-0.39, 0.29) is 11.7 Å². The number of phenolic OH excluding ortho intramolecular Hbond substituents is 1. The Hall–Kier alpha value is -1.71. The fraction of sp³-hybridized carbons (Fsp3) is 0.500. The van der Waals surface area contributed by atoms with Gasteiger partial charge in [-0.3, -0.25) is 0 Å². The first-order chi connectivity index (χ1) is 8.61. The Labute approximate surface area is 107 Å². The number of ether oxygens (including phenoxy) is 2. The molecule has 1 aliphatic rings. The van der Waals surface area contributed by atoms with Gasteiger partial charge in [0.1, 0.15) is 11.5 Å². The van der Waals surface area contributed by atoms with E-state index in [1.807, 2.05) is 13.0 Å². The molecule has 0 saturated carbocycles. The average molecular weight is 250 g/mol. The van der Waals surface area contributed by atoms with Gasteiger partial charge < -0.3 is 14.6 Å². The van der Waals surface area contributed by atoms with Crippen LogP contribution in [0.3, 0.4) is 0 Å². The van der Waals surface area contributed by atoms with Crippen molar-refractivity contribution >= 4 is 5.97 Å². The van der Waals surface area contributed by atoms with Gasteiger partial charge in [0.05, 0.1) is 7.11 Å². The molecular formula is C14H18O4. The first kappa shape index (κ1) is 12.7. The summed E-state index contributed by atoms with van der Waals surface area (Å²) in [6, 6.07) is 5.02. The van der Waals surface area contributed by atoms with Crippen molar-refractivity contribution in [2.45, 2.75) is 38.2 Å². The molecule has 1 N–H and O–H groups in total. The van der Waals surface area contributed by atoms with E-state index in [9.17, 15) is 9.90 Å². The van der Waals surface area contributed by atoms with Gasteiger partial charge >= 0.3 is 5.97 Å². The molecule has 1 aromatic rings. The van der Waals surface area contributed by atoms with Crippen molar-refractivity contribution in [2.75, 3.05) is 7.11 Å². The zero-order chi connectivity index (χ0) is 13.2. The fourth-order valence-electron chi connectivity index (χ4n) is 2.45.